The van der Waals surface area contributed by atoms with Crippen molar-refractivity contribution in [3.8, 4) is 39.4 Å². The van der Waals surface area contributed by atoms with Crippen LogP contribution in [0.15, 0.2) is 64.1 Å². The van der Waals surface area contributed by atoms with E-state index in [1.165, 1.54) is 24.5 Å². The second-order valence-electron chi connectivity index (χ2n) is 7.35. The smallest absolute Gasteiger partial charge is 0.434 e. The molecule has 5 rings (SSSR count). The van der Waals surface area contributed by atoms with Gasteiger partial charge in [0.2, 0.25) is 0 Å². The largest absolute Gasteiger partial charge is 0.472 e. The molecule has 0 atom stereocenters. The summed E-state index contributed by atoms with van der Waals surface area (Å²) in [6.45, 7) is 0. The summed E-state index contributed by atoms with van der Waals surface area (Å²) in [7, 11) is 0. The zero-order chi connectivity index (χ0) is 25.8. The zero-order valence-corrected chi connectivity index (χ0v) is 18.1. The van der Waals surface area contributed by atoms with Crippen LogP contribution in [-0.2, 0) is 6.18 Å². The van der Waals surface area contributed by atoms with Crippen LogP contribution in [0.5, 0.6) is 0 Å². The molecule has 0 bridgehead atoms. The molecular formula is C23H9ClF7N3O2. The first-order valence-electron chi connectivity index (χ1n) is 9.85. The average Bonchev–Trinajstić information content (AvgIpc) is 3.56. The number of nitrogens with zero attached hydrogens (tertiary/aromatic N) is 3. The zero-order valence-electron chi connectivity index (χ0n) is 17.4. The van der Waals surface area contributed by atoms with Gasteiger partial charge in [0.1, 0.15) is 17.2 Å². The summed E-state index contributed by atoms with van der Waals surface area (Å²) in [5, 5.41) is 7.21. The molecule has 0 unspecified atom stereocenters. The van der Waals surface area contributed by atoms with E-state index < -0.39 is 52.2 Å². The number of halogens is 8. The number of benzene rings is 2. The average molecular weight is 528 g/mol. The highest BCUT2D eigenvalue weighted by atomic mass is 35.5. The first-order valence-corrected chi connectivity index (χ1v) is 10.2. The minimum Gasteiger partial charge on any atom is -0.472 e. The van der Waals surface area contributed by atoms with Gasteiger partial charge in [0.25, 0.3) is 0 Å². The van der Waals surface area contributed by atoms with E-state index in [1.807, 2.05) is 0 Å². The summed E-state index contributed by atoms with van der Waals surface area (Å²) in [6.07, 6.45) is -2.15. The third-order valence-electron chi connectivity index (χ3n) is 5.23. The Hall–Kier alpha value is -4.06. The van der Waals surface area contributed by atoms with Crippen molar-refractivity contribution in [2.24, 2.45) is 0 Å². The third-order valence-corrected chi connectivity index (χ3v) is 5.54. The van der Waals surface area contributed by atoms with Gasteiger partial charge in [0, 0.05) is 5.56 Å². The van der Waals surface area contributed by atoms with Crippen molar-refractivity contribution in [3.05, 3.63) is 89.1 Å². The van der Waals surface area contributed by atoms with Crippen LogP contribution in [0, 0.1) is 23.3 Å². The van der Waals surface area contributed by atoms with E-state index in [9.17, 15) is 30.7 Å². The first-order chi connectivity index (χ1) is 17.1. The highest BCUT2D eigenvalue weighted by Crippen LogP contribution is 2.46. The maximum absolute atomic E-state index is 14.7. The molecule has 0 aliphatic heterocycles. The molecule has 0 saturated heterocycles. The van der Waals surface area contributed by atoms with E-state index in [2.05, 4.69) is 10.3 Å². The number of hydrogen-bond acceptors (Lipinski definition) is 4. The first kappa shape index (κ1) is 23.7. The van der Waals surface area contributed by atoms with Crippen LogP contribution in [-0.4, -0.2) is 14.9 Å². The van der Waals surface area contributed by atoms with Crippen LogP contribution >= 0.6 is 11.6 Å². The van der Waals surface area contributed by atoms with Gasteiger partial charge < -0.3 is 8.94 Å². The quantitative estimate of drug-likeness (QED) is 0.178. The molecule has 5 nitrogen and oxygen atoms in total. The second-order valence-corrected chi connectivity index (χ2v) is 7.76. The van der Waals surface area contributed by atoms with Crippen LogP contribution in [0.4, 0.5) is 30.7 Å². The minimum atomic E-state index is -5.20. The van der Waals surface area contributed by atoms with Crippen molar-refractivity contribution in [2.45, 2.75) is 6.18 Å². The molecule has 13 heteroatoms. The molecule has 0 spiro atoms. The molecule has 5 aromatic rings. The highest BCUT2D eigenvalue weighted by Gasteiger charge is 2.42. The van der Waals surface area contributed by atoms with Crippen LogP contribution in [0.1, 0.15) is 5.69 Å². The summed E-state index contributed by atoms with van der Waals surface area (Å²) in [6, 6.07) is 6.15. The van der Waals surface area contributed by atoms with Gasteiger partial charge in [-0.25, -0.2) is 22.2 Å². The van der Waals surface area contributed by atoms with E-state index in [0.717, 1.165) is 12.3 Å². The topological polar surface area (TPSA) is 57.0 Å². The number of hydrogen-bond donors (Lipinski definition) is 0. The predicted octanol–water partition coefficient (Wildman–Crippen LogP) is 7.68. The molecule has 0 aliphatic rings. The predicted molar refractivity (Wildman–Crippen MR) is 112 cm³/mol. The highest BCUT2D eigenvalue weighted by molar-refractivity contribution is 6.33. The third kappa shape index (κ3) is 3.73. The van der Waals surface area contributed by atoms with Crippen molar-refractivity contribution in [1.82, 2.24) is 14.9 Å². The Morgan fingerprint density at radius 1 is 0.889 bits per heavy atom. The van der Waals surface area contributed by atoms with Gasteiger partial charge in [0.15, 0.2) is 28.9 Å². The van der Waals surface area contributed by atoms with Crippen molar-refractivity contribution in [1.29, 1.82) is 0 Å². The molecule has 184 valence electrons. The lowest BCUT2D eigenvalue weighted by Gasteiger charge is -2.13. The summed E-state index contributed by atoms with van der Waals surface area (Å²) < 4.78 is 109. The van der Waals surface area contributed by atoms with Crippen LogP contribution < -0.4 is 0 Å². The fourth-order valence-corrected chi connectivity index (χ4v) is 3.95. The van der Waals surface area contributed by atoms with Gasteiger partial charge in [-0.05, 0) is 30.3 Å². The Morgan fingerprint density at radius 2 is 1.67 bits per heavy atom. The molecule has 36 heavy (non-hydrogen) atoms. The number of rotatable bonds is 4. The van der Waals surface area contributed by atoms with Crippen molar-refractivity contribution in [2.75, 3.05) is 0 Å². The van der Waals surface area contributed by atoms with E-state index in [1.54, 1.807) is 0 Å². The van der Waals surface area contributed by atoms with Gasteiger partial charge >= 0.3 is 6.18 Å². The van der Waals surface area contributed by atoms with E-state index in [-0.39, 0.29) is 32.1 Å². The lowest BCUT2D eigenvalue weighted by atomic mass is 9.98. The van der Waals surface area contributed by atoms with Crippen LogP contribution in [0.25, 0.3) is 39.4 Å². The van der Waals surface area contributed by atoms with Gasteiger partial charge in [-0.3, -0.25) is 0 Å². The summed E-state index contributed by atoms with van der Waals surface area (Å²) in [4.78, 5) is 0. The Kier molecular flexibility index (Phi) is 5.62. The summed E-state index contributed by atoms with van der Waals surface area (Å²) in [5.74, 6) is -6.83. The fourth-order valence-electron chi connectivity index (χ4n) is 3.69. The standard InChI is InChI=1S/C23H9ClF7N3O2/c24-12-2-1-3-13(25)17(12)20-16(10-6-7-35-9-10)21(36-33-20)11-8-32-34(22(11)23(29,30)31)15-5-4-14(26)18(27)19(15)28/h1-9H. The molecule has 3 heterocycles. The molecule has 0 saturated carbocycles. The number of furan rings is 1. The maximum Gasteiger partial charge on any atom is 0.434 e. The Morgan fingerprint density at radius 3 is 2.33 bits per heavy atom. The summed E-state index contributed by atoms with van der Waals surface area (Å²) in [5.41, 5.74) is -3.80. The van der Waals surface area contributed by atoms with Crippen molar-refractivity contribution >= 4 is 11.6 Å². The lowest BCUT2D eigenvalue weighted by molar-refractivity contribution is -0.142. The van der Waals surface area contributed by atoms with Crippen LogP contribution in [0.2, 0.25) is 5.02 Å². The van der Waals surface area contributed by atoms with Crippen molar-refractivity contribution in [3.63, 3.8) is 0 Å². The molecular weight excluding hydrogens is 519 g/mol. The normalized spacial score (nSPS) is 11.9. The lowest BCUT2D eigenvalue weighted by Crippen LogP contribution is -2.16. The second kappa shape index (κ2) is 8.55. The monoisotopic (exact) mass is 527 g/mol. The van der Waals surface area contributed by atoms with Gasteiger partial charge in [-0.15, -0.1) is 0 Å². The van der Waals surface area contributed by atoms with Crippen LogP contribution in [0.3, 0.4) is 0 Å². The minimum absolute atomic E-state index is 0.0601. The van der Waals surface area contributed by atoms with E-state index in [4.69, 9.17) is 20.5 Å². The molecule has 0 N–H and O–H groups in total. The van der Waals surface area contributed by atoms with Gasteiger partial charge in [-0.2, -0.15) is 18.3 Å². The van der Waals surface area contributed by atoms with Gasteiger partial charge in [0.05, 0.1) is 40.4 Å². The SMILES string of the molecule is Fc1ccc(-n2ncc(-c3onc(-c4c(F)cccc4Cl)c3-c3ccoc3)c2C(F)(F)F)c(F)c1F. The number of alkyl halides is 3. The molecule has 0 aliphatic carbocycles. The molecule has 0 amide bonds. The van der Waals surface area contributed by atoms with Crippen molar-refractivity contribution < 1.29 is 39.7 Å². The fraction of sp³-hybridized carbons (Fsp3) is 0.0435. The van der Waals surface area contributed by atoms with E-state index >= 15 is 0 Å². The number of aromatic nitrogens is 3. The Balaban J connectivity index is 1.81. The Bertz CT molecular complexity index is 1570. The summed E-state index contributed by atoms with van der Waals surface area (Å²) >= 11 is 6.14. The van der Waals surface area contributed by atoms with E-state index in [0.29, 0.717) is 18.3 Å². The molecule has 0 fully saturated rings. The molecule has 3 aromatic heterocycles. The maximum atomic E-state index is 14.7. The Labute approximate surface area is 201 Å². The molecule has 0 radical (unpaired) electrons. The molecule has 2 aromatic carbocycles. The van der Waals surface area contributed by atoms with Gasteiger partial charge in [-0.1, -0.05) is 22.8 Å².